The lowest BCUT2D eigenvalue weighted by atomic mass is 10.1. The maximum atomic E-state index is 10.4. The van der Waals surface area contributed by atoms with E-state index in [1.807, 2.05) is 24.3 Å². The van der Waals surface area contributed by atoms with E-state index in [0.717, 1.165) is 5.56 Å². The van der Waals surface area contributed by atoms with Crippen molar-refractivity contribution in [3.8, 4) is 0 Å². The molecule has 0 spiro atoms. The number of carboxylic acid groups (broad SMARTS) is 1. The van der Waals surface area contributed by atoms with Gasteiger partial charge in [0.05, 0.1) is 5.56 Å². The number of benzene rings is 2. The highest BCUT2D eigenvalue weighted by atomic mass is 16.4. The summed E-state index contributed by atoms with van der Waals surface area (Å²) in [6, 6.07) is 17.2. The topological polar surface area (TPSA) is 37.3 Å². The second-order valence-electron chi connectivity index (χ2n) is 3.77. The zero-order valence-electron chi connectivity index (χ0n) is 10.1. The molecule has 88 valence electrons. The SMILES string of the molecule is Cc1ccccc1.Cc1ccccc1C(=O)O. The Morgan fingerprint density at radius 2 is 1.41 bits per heavy atom. The molecule has 2 aromatic rings. The molecule has 0 radical (unpaired) electrons. The maximum absolute atomic E-state index is 10.4. The molecule has 2 rings (SSSR count). The van der Waals surface area contributed by atoms with Gasteiger partial charge in [-0.05, 0) is 25.5 Å². The quantitative estimate of drug-likeness (QED) is 0.808. The van der Waals surface area contributed by atoms with Gasteiger partial charge in [0.15, 0.2) is 0 Å². The van der Waals surface area contributed by atoms with Gasteiger partial charge in [0, 0.05) is 0 Å². The first-order valence-electron chi connectivity index (χ1n) is 5.42. The number of hydrogen-bond donors (Lipinski definition) is 1. The van der Waals surface area contributed by atoms with Crippen molar-refractivity contribution < 1.29 is 9.90 Å². The van der Waals surface area contributed by atoms with Crippen LogP contribution in [0.3, 0.4) is 0 Å². The van der Waals surface area contributed by atoms with Crippen molar-refractivity contribution in [1.29, 1.82) is 0 Å². The van der Waals surface area contributed by atoms with Gasteiger partial charge in [0.1, 0.15) is 0 Å². The summed E-state index contributed by atoms with van der Waals surface area (Å²) < 4.78 is 0. The maximum Gasteiger partial charge on any atom is 0.335 e. The molecule has 0 aromatic heterocycles. The minimum Gasteiger partial charge on any atom is -0.478 e. The molecular weight excluding hydrogens is 212 g/mol. The van der Waals surface area contributed by atoms with E-state index in [2.05, 4.69) is 19.1 Å². The van der Waals surface area contributed by atoms with E-state index in [-0.39, 0.29) is 0 Å². The van der Waals surface area contributed by atoms with Gasteiger partial charge in [0.25, 0.3) is 0 Å². The lowest BCUT2D eigenvalue weighted by Gasteiger charge is -1.96. The molecule has 0 saturated carbocycles. The van der Waals surface area contributed by atoms with Crippen LogP contribution in [-0.2, 0) is 0 Å². The Hall–Kier alpha value is -2.09. The fourth-order valence-electron chi connectivity index (χ4n) is 1.35. The van der Waals surface area contributed by atoms with Crippen LogP contribution in [-0.4, -0.2) is 11.1 Å². The van der Waals surface area contributed by atoms with E-state index >= 15 is 0 Å². The van der Waals surface area contributed by atoms with Gasteiger partial charge in [-0.2, -0.15) is 0 Å². The van der Waals surface area contributed by atoms with Crippen LogP contribution in [0.15, 0.2) is 54.6 Å². The Labute approximate surface area is 102 Å². The first-order chi connectivity index (χ1) is 8.11. The number of rotatable bonds is 1. The largest absolute Gasteiger partial charge is 0.478 e. The molecule has 0 amide bonds. The number of carboxylic acids is 1. The molecule has 2 nitrogen and oxygen atoms in total. The van der Waals surface area contributed by atoms with Crippen molar-refractivity contribution in [3.63, 3.8) is 0 Å². The molecule has 1 N–H and O–H groups in total. The average Bonchev–Trinajstić information content (AvgIpc) is 2.31. The second kappa shape index (κ2) is 6.48. The highest BCUT2D eigenvalue weighted by Gasteiger charge is 2.02. The van der Waals surface area contributed by atoms with Gasteiger partial charge >= 0.3 is 5.97 Å². The summed E-state index contributed by atoms with van der Waals surface area (Å²) in [4.78, 5) is 10.4. The Balaban J connectivity index is 0.000000181. The van der Waals surface area contributed by atoms with Gasteiger partial charge in [-0.1, -0.05) is 54.1 Å². The van der Waals surface area contributed by atoms with E-state index in [0.29, 0.717) is 5.56 Å². The van der Waals surface area contributed by atoms with E-state index in [9.17, 15) is 4.79 Å². The van der Waals surface area contributed by atoms with E-state index in [4.69, 9.17) is 5.11 Å². The second-order valence-corrected chi connectivity index (χ2v) is 3.77. The number of aryl methyl sites for hydroxylation is 2. The van der Waals surface area contributed by atoms with Crippen molar-refractivity contribution in [1.82, 2.24) is 0 Å². The third-order valence-corrected chi connectivity index (χ3v) is 2.32. The normalized spacial score (nSPS) is 9.06. The number of hydrogen-bond acceptors (Lipinski definition) is 1. The van der Waals surface area contributed by atoms with Crippen LogP contribution < -0.4 is 0 Å². The molecule has 2 heteroatoms. The lowest BCUT2D eigenvalue weighted by Crippen LogP contribution is -1.97. The van der Waals surface area contributed by atoms with Crippen LogP contribution >= 0.6 is 0 Å². The van der Waals surface area contributed by atoms with Gasteiger partial charge in [-0.25, -0.2) is 4.79 Å². The summed E-state index contributed by atoms with van der Waals surface area (Å²) in [7, 11) is 0. The third kappa shape index (κ3) is 4.51. The van der Waals surface area contributed by atoms with E-state index in [1.54, 1.807) is 25.1 Å². The average molecular weight is 228 g/mol. The molecule has 0 saturated heterocycles. The van der Waals surface area contributed by atoms with Gasteiger partial charge in [0.2, 0.25) is 0 Å². The highest BCUT2D eigenvalue weighted by molar-refractivity contribution is 5.89. The Morgan fingerprint density at radius 1 is 0.882 bits per heavy atom. The smallest absolute Gasteiger partial charge is 0.335 e. The van der Waals surface area contributed by atoms with Crippen molar-refractivity contribution in [2.24, 2.45) is 0 Å². The third-order valence-electron chi connectivity index (χ3n) is 2.32. The minimum atomic E-state index is -0.863. The summed E-state index contributed by atoms with van der Waals surface area (Å²) in [6.45, 7) is 3.86. The van der Waals surface area contributed by atoms with Crippen LogP contribution in [0.1, 0.15) is 21.5 Å². The molecule has 0 fully saturated rings. The molecule has 0 aliphatic rings. The molecule has 2 aromatic carbocycles. The fourth-order valence-corrected chi connectivity index (χ4v) is 1.35. The van der Waals surface area contributed by atoms with Crippen LogP contribution in [0.25, 0.3) is 0 Å². The first kappa shape index (κ1) is 13.0. The minimum absolute atomic E-state index is 0.377. The molecule has 0 unspecified atom stereocenters. The monoisotopic (exact) mass is 228 g/mol. The molecule has 0 aliphatic carbocycles. The Kier molecular flexibility index (Phi) is 4.95. The summed E-state index contributed by atoms with van der Waals surface area (Å²) in [5.41, 5.74) is 2.50. The van der Waals surface area contributed by atoms with Crippen LogP contribution in [0.2, 0.25) is 0 Å². The van der Waals surface area contributed by atoms with Crippen LogP contribution in [0, 0.1) is 13.8 Å². The van der Waals surface area contributed by atoms with E-state index in [1.165, 1.54) is 5.56 Å². The highest BCUT2D eigenvalue weighted by Crippen LogP contribution is 2.05. The van der Waals surface area contributed by atoms with Gasteiger partial charge < -0.3 is 5.11 Å². The van der Waals surface area contributed by atoms with Crippen molar-refractivity contribution in [2.45, 2.75) is 13.8 Å². The molecule has 0 bridgehead atoms. The van der Waals surface area contributed by atoms with Crippen molar-refractivity contribution in [3.05, 3.63) is 71.3 Å². The summed E-state index contributed by atoms with van der Waals surface area (Å²) in [5.74, 6) is -0.863. The zero-order chi connectivity index (χ0) is 12.7. The van der Waals surface area contributed by atoms with Crippen molar-refractivity contribution in [2.75, 3.05) is 0 Å². The van der Waals surface area contributed by atoms with E-state index < -0.39 is 5.97 Å². The molecule has 17 heavy (non-hydrogen) atoms. The standard InChI is InChI=1S/C8H8O2.C7H8/c1-6-4-2-3-5-7(6)8(9)10;1-7-5-3-2-4-6-7/h2-5H,1H3,(H,9,10);2-6H,1H3. The Morgan fingerprint density at radius 3 is 1.76 bits per heavy atom. The molecule has 0 atom stereocenters. The van der Waals surface area contributed by atoms with Gasteiger partial charge in [-0.3, -0.25) is 0 Å². The predicted octanol–water partition coefficient (Wildman–Crippen LogP) is 3.69. The Bertz CT molecular complexity index is 475. The predicted molar refractivity (Wildman–Crippen MR) is 69.3 cm³/mol. The molecular formula is C15H16O2. The van der Waals surface area contributed by atoms with Crippen LogP contribution in [0.5, 0.6) is 0 Å². The first-order valence-corrected chi connectivity index (χ1v) is 5.42. The molecule has 0 heterocycles. The van der Waals surface area contributed by atoms with Crippen LogP contribution in [0.4, 0.5) is 0 Å². The number of carbonyl (C=O) groups is 1. The fraction of sp³-hybridized carbons (Fsp3) is 0.133. The molecule has 0 aliphatic heterocycles. The summed E-state index contributed by atoms with van der Waals surface area (Å²) in [5, 5.41) is 8.57. The van der Waals surface area contributed by atoms with Gasteiger partial charge in [-0.15, -0.1) is 0 Å². The number of aromatic carboxylic acids is 1. The summed E-state index contributed by atoms with van der Waals surface area (Å²) in [6.07, 6.45) is 0. The lowest BCUT2D eigenvalue weighted by molar-refractivity contribution is 0.0696. The van der Waals surface area contributed by atoms with Crippen molar-refractivity contribution >= 4 is 5.97 Å². The zero-order valence-corrected chi connectivity index (χ0v) is 10.1. The summed E-state index contributed by atoms with van der Waals surface area (Å²) >= 11 is 0.